The zero-order valence-corrected chi connectivity index (χ0v) is 59.8. The van der Waals surface area contributed by atoms with Gasteiger partial charge in [-0.2, -0.15) is 70.0 Å². The lowest BCUT2D eigenvalue weighted by Crippen LogP contribution is -2.45. The van der Waals surface area contributed by atoms with Gasteiger partial charge in [-0.05, 0) is 144 Å². The molecule has 32 nitrogen and oxygen atoms in total. The first-order valence-corrected chi connectivity index (χ1v) is 40.6. The number of aryl methyl sites for hydroxylation is 3. The molecule has 2 saturated heterocycles. The summed E-state index contributed by atoms with van der Waals surface area (Å²) < 4.78 is 210. The van der Waals surface area contributed by atoms with E-state index in [-0.39, 0.29) is 106 Å². The summed E-state index contributed by atoms with van der Waals surface area (Å²) in [7, 11) is -29.6. The fourth-order valence-electron chi connectivity index (χ4n) is 12.5. The molecule has 0 bridgehead atoms. The Kier molecular flexibility index (Phi) is 23.4. The molecule has 2 fully saturated rings. The third-order valence-electron chi connectivity index (χ3n) is 17.6. The Hall–Kier alpha value is -8.28. The zero-order valence-electron chi connectivity index (χ0n) is 54.9. The molecule has 3 aliphatic rings. The van der Waals surface area contributed by atoms with Crippen molar-refractivity contribution < 1.29 is 106 Å². The molecule has 0 saturated carbocycles. The Balaban J connectivity index is 0.917. The average Bonchev–Trinajstić information content (AvgIpc) is 1.49. The van der Waals surface area contributed by atoms with Crippen molar-refractivity contribution >= 4 is 135 Å². The maximum absolute atomic E-state index is 13.5. The van der Waals surface area contributed by atoms with Crippen LogP contribution in [0.4, 0.5) is 23.3 Å². The number of piperidine rings is 2. The summed E-state index contributed by atoms with van der Waals surface area (Å²) in [4.78, 5) is 73.8. The van der Waals surface area contributed by atoms with Crippen LogP contribution < -0.4 is 20.0 Å². The molecule has 9 rings (SSSR count). The van der Waals surface area contributed by atoms with E-state index < -0.39 is 115 Å². The number of hydrogen-bond acceptors (Lipinski definition) is 23. The number of carbonyl (C=O) groups excluding carboxylic acids is 4. The Labute approximate surface area is 583 Å². The van der Waals surface area contributed by atoms with Gasteiger partial charge in [-0.15, -0.1) is 0 Å². The lowest BCUT2D eigenvalue weighted by atomic mass is 9.97. The quantitative estimate of drug-likeness (QED) is 0.00697. The third-order valence-corrected chi connectivity index (χ3v) is 22.6. The number of aromatic nitrogens is 3. The highest BCUT2D eigenvalue weighted by atomic mass is 32.2. The summed E-state index contributed by atoms with van der Waals surface area (Å²) in [6, 6.07) is 14.6. The van der Waals surface area contributed by atoms with Gasteiger partial charge in [0.15, 0.2) is 5.71 Å². The van der Waals surface area contributed by atoms with Crippen molar-refractivity contribution in [2.75, 3.05) is 65.5 Å². The van der Waals surface area contributed by atoms with Crippen LogP contribution in [-0.4, -0.2) is 189 Å². The summed E-state index contributed by atoms with van der Waals surface area (Å²) >= 11 is 0. The molecule has 6 aromatic rings. The number of hydroxylamine groups is 2. The molecular formula is C63H74N9O23S6+. The minimum Gasteiger partial charge on any atom is -0.353 e. The van der Waals surface area contributed by atoms with Crippen molar-refractivity contribution in [1.82, 2.24) is 25.3 Å². The molecule has 0 radical (unpaired) electrons. The summed E-state index contributed by atoms with van der Waals surface area (Å²) in [6.07, 6.45) is 7.03. The molecule has 0 aliphatic carbocycles. The van der Waals surface area contributed by atoms with Crippen LogP contribution in [0.25, 0.3) is 21.5 Å². The summed E-state index contributed by atoms with van der Waals surface area (Å²) in [5.74, 6) is -3.14. The first-order chi connectivity index (χ1) is 47.2. The lowest BCUT2D eigenvalue weighted by molar-refractivity contribution is -0.441. The maximum atomic E-state index is 13.5. The first kappa shape index (κ1) is 76.9. The molecule has 3 aliphatic heterocycles. The van der Waals surface area contributed by atoms with Gasteiger partial charge in [0.05, 0.1) is 38.3 Å². The van der Waals surface area contributed by atoms with Gasteiger partial charge in [-0.25, -0.2) is 4.79 Å². The minimum absolute atomic E-state index is 0.00339. The van der Waals surface area contributed by atoms with E-state index in [0.29, 0.717) is 117 Å². The van der Waals surface area contributed by atoms with E-state index in [1.165, 1.54) is 60.0 Å². The molecule has 38 heteroatoms. The lowest BCUT2D eigenvalue weighted by Gasteiger charge is -2.34. The van der Waals surface area contributed by atoms with Gasteiger partial charge >= 0.3 is 5.97 Å². The fraction of sp³-hybridized carbons (Fsp3) is 0.397. The van der Waals surface area contributed by atoms with Crippen LogP contribution in [0.5, 0.6) is 0 Å². The van der Waals surface area contributed by atoms with E-state index in [1.54, 1.807) is 43.9 Å². The van der Waals surface area contributed by atoms with Crippen LogP contribution >= 0.6 is 0 Å². The Bertz CT molecular complexity index is 5100. The molecule has 0 unspecified atom stereocenters. The van der Waals surface area contributed by atoms with Crippen LogP contribution in [0.1, 0.15) is 115 Å². The van der Waals surface area contributed by atoms with Gasteiger partial charge in [-0.3, -0.25) is 41.7 Å². The maximum Gasteiger partial charge on any atom is 0.336 e. The van der Waals surface area contributed by atoms with Crippen molar-refractivity contribution in [1.29, 1.82) is 0 Å². The summed E-state index contributed by atoms with van der Waals surface area (Å²) in [6.45, 7) is 8.03. The largest absolute Gasteiger partial charge is 0.353 e. The predicted molar refractivity (Wildman–Crippen MR) is 368 cm³/mol. The van der Waals surface area contributed by atoms with Crippen molar-refractivity contribution in [3.63, 3.8) is 0 Å². The van der Waals surface area contributed by atoms with Crippen LogP contribution in [0.2, 0.25) is 0 Å². The highest BCUT2D eigenvalue weighted by molar-refractivity contribution is 7.87. The zero-order chi connectivity index (χ0) is 73.9. The van der Waals surface area contributed by atoms with Crippen molar-refractivity contribution in [3.8, 4) is 0 Å². The van der Waals surface area contributed by atoms with E-state index in [0.717, 1.165) is 12.1 Å². The molecule has 5 aromatic carbocycles. The first-order valence-electron chi connectivity index (χ1n) is 31.6. The molecule has 0 spiro atoms. The number of fused-ring (bicyclic) bond motifs is 3. The number of amides is 3. The van der Waals surface area contributed by atoms with Crippen molar-refractivity contribution in [2.24, 2.45) is 5.92 Å². The second-order valence-electron chi connectivity index (χ2n) is 24.6. The van der Waals surface area contributed by atoms with Gasteiger partial charge in [0, 0.05) is 97.9 Å². The van der Waals surface area contributed by atoms with E-state index in [9.17, 15) is 97.0 Å². The SMILES string of the molecule is C\C(=C/C=C/C(CCCS(=O)(=O)O)=[N+](\CCCS(=O)(=O)O)c1ccc2c(S(=O)(=O)O)cc(S(=O)(=O)O)cc2c1C)N(CCCCCC(=O)NC1CCN(c2nc(C)nc(N3CCC(C(=O)ON4C(=O)c5ccccc5C4=O)CC3)n2)CC1)c1ccc2c(S(=O)(=O)O)cc(S(=O)(=O)O)cc2c1C. The number of nitrogens with one attached hydrogen (secondary N) is 1. The number of unbranched alkanes of at least 4 members (excludes halogenated alkanes) is 2. The van der Waals surface area contributed by atoms with Gasteiger partial charge in [0.1, 0.15) is 22.2 Å². The molecule has 0 atom stereocenters. The molecule has 544 valence electrons. The van der Waals surface area contributed by atoms with Crippen LogP contribution in [0.15, 0.2) is 116 Å². The number of rotatable bonds is 28. The Morgan fingerprint density at radius 2 is 1.12 bits per heavy atom. The summed E-state index contributed by atoms with van der Waals surface area (Å²) in [5.41, 5.74) is 1.85. The average molecular weight is 1520 g/mol. The number of benzene rings is 5. The smallest absolute Gasteiger partial charge is 0.336 e. The standard InChI is InChI=1S/C63H73N9O23S6/c1-39(13-10-14-45(15-11-33-96(77,78)79)71(28-12-34-97(80,81)82)55-22-20-49-53(41(55)3)36-47(99(86,87)88)38-57(49)101(92,93)94)70(54-21-19-48-52(40(54)2)35-46(98(83,84)85)37-56(48)100(89,90)91)27-9-5-6-18-58(73)66-44-25-31-69(32-26-44)63-65-42(4)64-62(67-63)68-29-23-43(24-30-68)61(76)95-72-59(74)50-16-7-8-17-51(50)60(72)75/h7-8,10,13-14,16-17,19-22,35-38,43-44H,5-6,9,11-12,15,18,23-34H2,1-4H3,(H6-,66,73,77,78,79,80,81,82,83,84,85,86,87,88,89,90,91,92,93,94)/p+1. The van der Waals surface area contributed by atoms with Gasteiger partial charge in [0.25, 0.3) is 72.5 Å². The van der Waals surface area contributed by atoms with Crippen LogP contribution in [0, 0.1) is 26.7 Å². The molecule has 1 aromatic heterocycles. The minimum atomic E-state index is -5.15. The molecule has 7 N–H and O–H groups in total. The second kappa shape index (κ2) is 30.7. The fourth-order valence-corrected chi connectivity index (χ4v) is 16.2. The van der Waals surface area contributed by atoms with Gasteiger partial charge in [0.2, 0.25) is 23.5 Å². The highest BCUT2D eigenvalue weighted by Crippen LogP contribution is 2.38. The Morgan fingerprint density at radius 1 is 0.604 bits per heavy atom. The number of nitrogens with zero attached hydrogens (tertiary/aromatic N) is 8. The third kappa shape index (κ3) is 19.1. The molecular weight excluding hydrogens is 1440 g/mol. The number of allylic oxidation sites excluding steroid dienone is 4. The Morgan fingerprint density at radius 3 is 1.64 bits per heavy atom. The highest BCUT2D eigenvalue weighted by Gasteiger charge is 2.41. The van der Waals surface area contributed by atoms with E-state index in [4.69, 9.17) is 9.82 Å². The van der Waals surface area contributed by atoms with Gasteiger partial charge in [-0.1, -0.05) is 35.8 Å². The second-order valence-corrected chi connectivity index (χ2v) is 33.4. The van der Waals surface area contributed by atoms with E-state index in [1.807, 2.05) is 9.80 Å². The molecule has 4 heterocycles. The molecule has 101 heavy (non-hydrogen) atoms. The van der Waals surface area contributed by atoms with Crippen molar-refractivity contribution in [3.05, 3.63) is 125 Å². The number of hydrogen-bond donors (Lipinski definition) is 7. The topological polar surface area (TPSA) is 470 Å². The van der Waals surface area contributed by atoms with E-state index >= 15 is 0 Å². The normalized spacial score (nSPS) is 16.0. The van der Waals surface area contributed by atoms with E-state index in [2.05, 4.69) is 15.3 Å². The predicted octanol–water partition coefficient (Wildman–Crippen LogP) is 6.40. The number of carbonyl (C=O) groups is 4. The molecule has 3 amide bonds. The van der Waals surface area contributed by atoms with Crippen LogP contribution in [0.3, 0.4) is 0 Å². The van der Waals surface area contributed by atoms with Gasteiger partial charge < -0.3 is 24.9 Å². The monoisotopic (exact) mass is 1520 g/mol. The summed E-state index contributed by atoms with van der Waals surface area (Å²) in [5, 5.41) is 3.21. The van der Waals surface area contributed by atoms with Crippen LogP contribution in [-0.2, 0) is 75.1 Å². The number of anilines is 3. The van der Waals surface area contributed by atoms with Crippen molar-refractivity contribution in [2.45, 2.75) is 124 Å². The number of imide groups is 1.